The number of anilines is 2. The topological polar surface area (TPSA) is 104 Å². The monoisotopic (exact) mass is 499 g/mol. The van der Waals surface area contributed by atoms with Crippen LogP contribution in [0, 0.1) is 11.6 Å². The normalized spacial score (nSPS) is 20.9. The third-order valence-electron chi connectivity index (χ3n) is 6.59. The third-order valence-corrected chi connectivity index (χ3v) is 6.59. The fourth-order valence-corrected chi connectivity index (χ4v) is 4.68. The molecule has 1 aliphatic heterocycles. The lowest BCUT2D eigenvalue weighted by molar-refractivity contribution is 0.0799. The Balaban J connectivity index is 1.35. The van der Waals surface area contributed by atoms with Gasteiger partial charge >= 0.3 is 0 Å². The molecule has 0 radical (unpaired) electrons. The predicted octanol–water partition coefficient (Wildman–Crippen LogP) is 3.60. The maximum Gasteiger partial charge on any atom is 0.172 e. The fraction of sp³-hybridized carbons (Fsp3) is 0.500. The van der Waals surface area contributed by atoms with Gasteiger partial charge in [0.1, 0.15) is 17.4 Å². The second-order valence-electron chi connectivity index (χ2n) is 10.4. The first kappa shape index (κ1) is 24.6. The molecule has 0 spiro atoms. The summed E-state index contributed by atoms with van der Waals surface area (Å²) in [5.41, 5.74) is 1.17. The largest absolute Gasteiger partial charge is 0.487 e. The number of fused-ring (bicyclic) bond motifs is 1. The van der Waals surface area contributed by atoms with Crippen molar-refractivity contribution in [3.63, 3.8) is 0 Å². The van der Waals surface area contributed by atoms with E-state index in [1.165, 1.54) is 12.1 Å². The summed E-state index contributed by atoms with van der Waals surface area (Å²) in [6, 6.07) is 5.30. The fourth-order valence-electron chi connectivity index (χ4n) is 4.68. The van der Waals surface area contributed by atoms with Gasteiger partial charge in [0.15, 0.2) is 23.2 Å². The Bertz CT molecular complexity index is 1240. The van der Waals surface area contributed by atoms with Gasteiger partial charge in [-0.1, -0.05) is 0 Å². The average molecular weight is 500 g/mol. The Morgan fingerprint density at radius 3 is 2.53 bits per heavy atom. The molecule has 1 aliphatic carbocycles. The molecular weight excluding hydrogens is 468 g/mol. The number of aromatic nitrogens is 3. The number of benzene rings is 1. The smallest absolute Gasteiger partial charge is 0.172 e. The minimum absolute atomic E-state index is 0.0548. The summed E-state index contributed by atoms with van der Waals surface area (Å²) >= 11 is 0. The molecule has 1 saturated heterocycles. The van der Waals surface area contributed by atoms with Crippen LogP contribution >= 0.6 is 0 Å². The van der Waals surface area contributed by atoms with E-state index in [-0.39, 0.29) is 24.0 Å². The minimum atomic E-state index is -0.888. The number of pyridine rings is 1. The summed E-state index contributed by atoms with van der Waals surface area (Å²) < 4.78 is 33.0. The van der Waals surface area contributed by atoms with Crippen LogP contribution in [0.4, 0.5) is 20.4 Å². The third kappa shape index (κ3) is 5.65. The van der Waals surface area contributed by atoms with Crippen LogP contribution in [0.5, 0.6) is 5.75 Å². The van der Waals surface area contributed by atoms with Gasteiger partial charge < -0.3 is 25.2 Å². The van der Waals surface area contributed by atoms with Crippen LogP contribution in [0.3, 0.4) is 0 Å². The summed E-state index contributed by atoms with van der Waals surface area (Å²) in [5, 5.41) is 23.3. The second kappa shape index (κ2) is 9.74. The first-order valence-electron chi connectivity index (χ1n) is 12.3. The quantitative estimate of drug-likeness (QED) is 0.453. The van der Waals surface area contributed by atoms with Crippen LogP contribution in [0.2, 0.25) is 0 Å². The van der Waals surface area contributed by atoms with E-state index in [1.807, 2.05) is 6.07 Å². The van der Waals surface area contributed by atoms with E-state index in [4.69, 9.17) is 14.7 Å². The molecule has 8 nitrogen and oxygen atoms in total. The number of piperidine rings is 1. The van der Waals surface area contributed by atoms with Gasteiger partial charge in [-0.15, -0.1) is 0 Å². The Hall–Kier alpha value is -3.11. The summed E-state index contributed by atoms with van der Waals surface area (Å²) in [4.78, 5) is 16.3. The van der Waals surface area contributed by atoms with Crippen LogP contribution < -0.4 is 15.0 Å². The van der Waals surface area contributed by atoms with Crippen LogP contribution in [0.1, 0.15) is 45.2 Å². The van der Waals surface area contributed by atoms with Gasteiger partial charge in [0.05, 0.1) is 23.4 Å². The van der Waals surface area contributed by atoms with Crippen molar-refractivity contribution < 1.29 is 23.7 Å². The van der Waals surface area contributed by atoms with Crippen LogP contribution in [0.25, 0.3) is 11.0 Å². The minimum Gasteiger partial charge on any atom is -0.487 e. The molecule has 10 heteroatoms. The zero-order chi connectivity index (χ0) is 25.4. The van der Waals surface area contributed by atoms with Crippen molar-refractivity contribution in [3.05, 3.63) is 47.8 Å². The molecule has 0 unspecified atom stereocenters. The lowest BCUT2D eigenvalue weighted by atomic mass is 9.89. The first-order chi connectivity index (χ1) is 17.1. The molecule has 2 fully saturated rings. The van der Waals surface area contributed by atoms with Crippen molar-refractivity contribution in [1.82, 2.24) is 15.0 Å². The van der Waals surface area contributed by atoms with E-state index < -0.39 is 17.2 Å². The van der Waals surface area contributed by atoms with Gasteiger partial charge in [0.25, 0.3) is 0 Å². The number of halogens is 2. The number of nitrogens with zero attached hydrogens (tertiary/aromatic N) is 4. The molecule has 192 valence electrons. The molecule has 1 saturated carbocycles. The molecule has 0 atom stereocenters. The van der Waals surface area contributed by atoms with E-state index in [2.05, 4.69) is 15.2 Å². The molecule has 3 heterocycles. The highest BCUT2D eigenvalue weighted by molar-refractivity contribution is 5.80. The Kier molecular flexibility index (Phi) is 6.65. The highest BCUT2D eigenvalue weighted by Crippen LogP contribution is 2.32. The van der Waals surface area contributed by atoms with Crippen molar-refractivity contribution in [2.45, 2.75) is 69.8 Å². The van der Waals surface area contributed by atoms with E-state index >= 15 is 0 Å². The molecular formula is C26H31F2N5O3. The summed E-state index contributed by atoms with van der Waals surface area (Å²) in [5.74, 6) is 0.0592. The SMILES string of the molecule is CC(C)(O)Cc1cc2nc(NC3CC(O)C3)c(N3CCC(Oc4ccc(F)cc4F)CC3)nc2cn1. The second-order valence-corrected chi connectivity index (χ2v) is 10.4. The number of ether oxygens (including phenoxy) is 1. The van der Waals surface area contributed by atoms with Gasteiger partial charge in [0.2, 0.25) is 0 Å². The molecule has 2 aromatic heterocycles. The van der Waals surface area contributed by atoms with E-state index in [0.29, 0.717) is 67.9 Å². The summed E-state index contributed by atoms with van der Waals surface area (Å²) in [7, 11) is 0. The van der Waals surface area contributed by atoms with Crippen molar-refractivity contribution in [2.75, 3.05) is 23.3 Å². The number of rotatable bonds is 7. The molecule has 5 rings (SSSR count). The Morgan fingerprint density at radius 2 is 1.86 bits per heavy atom. The molecule has 3 aromatic rings. The summed E-state index contributed by atoms with van der Waals surface area (Å²) in [6.45, 7) is 4.72. The Morgan fingerprint density at radius 1 is 1.11 bits per heavy atom. The predicted molar refractivity (Wildman–Crippen MR) is 132 cm³/mol. The lowest BCUT2D eigenvalue weighted by Crippen LogP contribution is -2.41. The van der Waals surface area contributed by atoms with E-state index in [0.717, 1.165) is 11.8 Å². The molecule has 2 aliphatic rings. The van der Waals surface area contributed by atoms with Crippen LogP contribution in [-0.4, -0.2) is 62.1 Å². The van der Waals surface area contributed by atoms with E-state index in [1.54, 1.807) is 20.0 Å². The maximum atomic E-state index is 14.0. The van der Waals surface area contributed by atoms with E-state index in [9.17, 15) is 19.0 Å². The zero-order valence-electron chi connectivity index (χ0n) is 20.4. The van der Waals surface area contributed by atoms with Crippen molar-refractivity contribution in [2.24, 2.45) is 0 Å². The maximum absolute atomic E-state index is 14.0. The molecule has 0 amide bonds. The van der Waals surface area contributed by atoms with Crippen molar-refractivity contribution in [3.8, 4) is 5.75 Å². The highest BCUT2D eigenvalue weighted by Gasteiger charge is 2.30. The van der Waals surface area contributed by atoms with Crippen molar-refractivity contribution >= 4 is 22.7 Å². The van der Waals surface area contributed by atoms with Gasteiger partial charge in [-0.2, -0.15) is 0 Å². The van der Waals surface area contributed by atoms with Gasteiger partial charge in [-0.05, 0) is 44.9 Å². The number of nitrogens with one attached hydrogen (secondary N) is 1. The number of aliphatic hydroxyl groups excluding tert-OH is 1. The molecule has 0 bridgehead atoms. The van der Waals surface area contributed by atoms with Crippen molar-refractivity contribution in [1.29, 1.82) is 0 Å². The molecule has 3 N–H and O–H groups in total. The van der Waals surface area contributed by atoms with Gasteiger partial charge in [-0.3, -0.25) is 4.98 Å². The van der Waals surface area contributed by atoms with Crippen LogP contribution in [-0.2, 0) is 6.42 Å². The summed E-state index contributed by atoms with van der Waals surface area (Å²) in [6.07, 6.45) is 4.16. The standard InChI is InChI=1S/C26H31F2N5O3/c1-26(2,35)13-17-12-21-22(14-29-17)32-25(24(31-21)30-16-10-18(34)11-16)33-7-5-19(6-8-33)36-23-4-3-15(27)9-20(23)28/h3-4,9,12,14,16,18-19,34-35H,5-8,10-11,13H2,1-2H3,(H,30,31). The Labute approximate surface area is 208 Å². The number of hydrogen-bond acceptors (Lipinski definition) is 8. The lowest BCUT2D eigenvalue weighted by Gasteiger charge is -2.36. The van der Waals surface area contributed by atoms with Gasteiger partial charge in [-0.25, -0.2) is 18.7 Å². The average Bonchev–Trinajstić information content (AvgIpc) is 2.79. The molecule has 1 aromatic carbocycles. The first-order valence-corrected chi connectivity index (χ1v) is 12.3. The zero-order valence-corrected chi connectivity index (χ0v) is 20.4. The van der Waals surface area contributed by atoms with Crippen LogP contribution in [0.15, 0.2) is 30.5 Å². The highest BCUT2D eigenvalue weighted by atomic mass is 19.1. The number of aliphatic hydroxyl groups is 2. The molecule has 36 heavy (non-hydrogen) atoms. The number of hydrogen-bond donors (Lipinski definition) is 3. The van der Waals surface area contributed by atoms with Gasteiger partial charge in [0, 0.05) is 50.2 Å².